The highest BCUT2D eigenvalue weighted by Gasteiger charge is 2.08. The highest BCUT2D eigenvalue weighted by atomic mass is 35.5. The molecule has 4 nitrogen and oxygen atoms in total. The first-order chi connectivity index (χ1) is 11.0. The molecule has 0 aliphatic carbocycles. The van der Waals surface area contributed by atoms with Crippen LogP contribution in [0.1, 0.15) is 0 Å². The third kappa shape index (κ3) is 6.14. The van der Waals surface area contributed by atoms with E-state index in [1.807, 2.05) is 18.2 Å². The number of carbonyl (C=O) groups is 2. The molecule has 0 aliphatic heterocycles. The Kier molecular flexibility index (Phi) is 6.77. The predicted octanol–water partition coefficient (Wildman–Crippen LogP) is 3.84. The van der Waals surface area contributed by atoms with Gasteiger partial charge in [0.05, 0.1) is 17.3 Å². The zero-order valence-corrected chi connectivity index (χ0v) is 14.3. The van der Waals surface area contributed by atoms with E-state index < -0.39 is 0 Å². The number of amides is 2. The van der Waals surface area contributed by atoms with Gasteiger partial charge in [-0.05, 0) is 30.3 Å². The van der Waals surface area contributed by atoms with Crippen LogP contribution in [0.5, 0.6) is 0 Å². The fourth-order valence-corrected chi connectivity index (χ4v) is 3.01. The molecule has 0 aromatic heterocycles. The molecule has 2 aromatic rings. The fraction of sp³-hybridized carbons (Fsp3) is 0.125. The summed E-state index contributed by atoms with van der Waals surface area (Å²) >= 11 is 13.2. The van der Waals surface area contributed by atoms with Gasteiger partial charge in [0.25, 0.3) is 0 Å². The second-order valence-corrected chi connectivity index (χ2v) is 6.42. The van der Waals surface area contributed by atoms with Gasteiger partial charge in [0.2, 0.25) is 11.8 Å². The van der Waals surface area contributed by atoms with Crippen molar-refractivity contribution in [3.8, 4) is 0 Å². The van der Waals surface area contributed by atoms with Gasteiger partial charge >= 0.3 is 0 Å². The zero-order valence-electron chi connectivity index (χ0n) is 12.0. The van der Waals surface area contributed by atoms with E-state index in [4.69, 9.17) is 23.2 Å². The number of rotatable bonds is 6. The molecule has 120 valence electrons. The topological polar surface area (TPSA) is 58.2 Å². The van der Waals surface area contributed by atoms with Crippen LogP contribution < -0.4 is 10.6 Å². The largest absolute Gasteiger partial charge is 0.346 e. The van der Waals surface area contributed by atoms with Crippen molar-refractivity contribution < 1.29 is 9.59 Å². The van der Waals surface area contributed by atoms with Crippen LogP contribution in [0.2, 0.25) is 10.0 Å². The summed E-state index contributed by atoms with van der Waals surface area (Å²) in [6, 6.07) is 14.1. The molecule has 0 saturated heterocycles. The van der Waals surface area contributed by atoms with E-state index in [9.17, 15) is 9.59 Å². The number of hydrogen-bond donors (Lipinski definition) is 2. The van der Waals surface area contributed by atoms with Crippen LogP contribution in [0.15, 0.2) is 53.4 Å². The van der Waals surface area contributed by atoms with Crippen LogP contribution in [0.25, 0.3) is 0 Å². The number of carbonyl (C=O) groups excluding carboxylic acids is 2. The summed E-state index contributed by atoms with van der Waals surface area (Å²) in [5.41, 5.74) is 0.687. The van der Waals surface area contributed by atoms with E-state index in [-0.39, 0.29) is 24.1 Å². The average molecular weight is 369 g/mol. The lowest BCUT2D eigenvalue weighted by Crippen LogP contribution is -2.33. The minimum atomic E-state index is -0.282. The van der Waals surface area contributed by atoms with Crippen molar-refractivity contribution in [1.82, 2.24) is 5.32 Å². The predicted molar refractivity (Wildman–Crippen MR) is 95.3 cm³/mol. The first-order valence-electron chi connectivity index (χ1n) is 6.74. The number of para-hydroxylation sites is 1. The first-order valence-corrected chi connectivity index (χ1v) is 8.48. The SMILES string of the molecule is O=C(CSc1cc(Cl)ccc1Cl)NCC(=O)Nc1ccccc1. The van der Waals surface area contributed by atoms with E-state index in [1.165, 1.54) is 11.8 Å². The number of halogens is 2. The van der Waals surface area contributed by atoms with Crippen molar-refractivity contribution in [2.75, 3.05) is 17.6 Å². The summed E-state index contributed by atoms with van der Waals surface area (Å²) in [4.78, 5) is 24.2. The Morgan fingerprint density at radius 2 is 1.74 bits per heavy atom. The van der Waals surface area contributed by atoms with Gasteiger partial charge < -0.3 is 10.6 Å². The third-order valence-electron chi connectivity index (χ3n) is 2.76. The van der Waals surface area contributed by atoms with Crippen molar-refractivity contribution in [3.05, 3.63) is 58.6 Å². The molecule has 0 bridgehead atoms. The van der Waals surface area contributed by atoms with Gasteiger partial charge in [-0.1, -0.05) is 41.4 Å². The Morgan fingerprint density at radius 3 is 2.48 bits per heavy atom. The number of hydrogen-bond acceptors (Lipinski definition) is 3. The number of thioether (sulfide) groups is 1. The lowest BCUT2D eigenvalue weighted by Gasteiger charge is -2.07. The molecule has 2 N–H and O–H groups in total. The van der Waals surface area contributed by atoms with Gasteiger partial charge in [-0.15, -0.1) is 11.8 Å². The monoisotopic (exact) mass is 368 g/mol. The second kappa shape index (κ2) is 8.82. The van der Waals surface area contributed by atoms with Crippen molar-refractivity contribution in [2.45, 2.75) is 4.90 Å². The molecule has 2 rings (SSSR count). The van der Waals surface area contributed by atoms with Crippen LogP contribution in [0.4, 0.5) is 5.69 Å². The molecule has 0 atom stereocenters. The number of anilines is 1. The normalized spacial score (nSPS) is 10.2. The van der Waals surface area contributed by atoms with Gasteiger partial charge in [0, 0.05) is 15.6 Å². The molecular weight excluding hydrogens is 355 g/mol. The van der Waals surface area contributed by atoms with E-state index >= 15 is 0 Å². The molecule has 0 fully saturated rings. The van der Waals surface area contributed by atoms with Gasteiger partial charge in [-0.3, -0.25) is 9.59 Å². The van der Waals surface area contributed by atoms with Crippen LogP contribution in [0, 0.1) is 0 Å². The van der Waals surface area contributed by atoms with Crippen LogP contribution in [-0.4, -0.2) is 24.1 Å². The van der Waals surface area contributed by atoms with Crippen molar-refractivity contribution in [2.24, 2.45) is 0 Å². The maximum Gasteiger partial charge on any atom is 0.243 e. The highest BCUT2D eigenvalue weighted by molar-refractivity contribution is 8.00. The summed E-state index contributed by atoms with van der Waals surface area (Å²) in [7, 11) is 0. The minimum absolute atomic E-state index is 0.0857. The molecule has 2 amide bonds. The smallest absolute Gasteiger partial charge is 0.243 e. The molecule has 0 heterocycles. The fourth-order valence-electron chi connectivity index (χ4n) is 1.69. The average Bonchev–Trinajstić information content (AvgIpc) is 2.54. The lowest BCUT2D eigenvalue weighted by atomic mass is 10.3. The minimum Gasteiger partial charge on any atom is -0.346 e. The highest BCUT2D eigenvalue weighted by Crippen LogP contribution is 2.29. The lowest BCUT2D eigenvalue weighted by molar-refractivity contribution is -0.122. The molecular formula is C16H14Cl2N2O2S. The molecule has 0 aliphatic rings. The Morgan fingerprint density at radius 1 is 1.00 bits per heavy atom. The van der Waals surface area contributed by atoms with Crippen LogP contribution in [-0.2, 0) is 9.59 Å². The molecule has 0 radical (unpaired) electrons. The Labute approximate surface area is 148 Å². The summed E-state index contributed by atoms with van der Waals surface area (Å²) in [6.07, 6.45) is 0. The van der Waals surface area contributed by atoms with Crippen LogP contribution in [0.3, 0.4) is 0 Å². The number of nitrogens with one attached hydrogen (secondary N) is 2. The van der Waals surface area contributed by atoms with E-state index in [0.717, 1.165) is 4.90 Å². The first kappa shape index (κ1) is 17.7. The Balaban J connectivity index is 1.74. The number of benzene rings is 2. The van der Waals surface area contributed by atoms with Gasteiger partial charge in [0.15, 0.2) is 0 Å². The molecule has 0 spiro atoms. The maximum absolute atomic E-state index is 11.8. The van der Waals surface area contributed by atoms with Crippen molar-refractivity contribution in [1.29, 1.82) is 0 Å². The maximum atomic E-state index is 11.8. The molecule has 7 heteroatoms. The quantitative estimate of drug-likeness (QED) is 0.761. The molecule has 2 aromatic carbocycles. The van der Waals surface area contributed by atoms with E-state index in [1.54, 1.807) is 30.3 Å². The summed E-state index contributed by atoms with van der Waals surface area (Å²) < 4.78 is 0. The summed E-state index contributed by atoms with van der Waals surface area (Å²) in [5, 5.41) is 6.34. The second-order valence-electron chi connectivity index (χ2n) is 4.55. The molecule has 0 saturated carbocycles. The summed E-state index contributed by atoms with van der Waals surface area (Å²) in [6.45, 7) is -0.0857. The Hall–Kier alpha value is -1.69. The summed E-state index contributed by atoms with van der Waals surface area (Å²) in [5.74, 6) is -0.386. The van der Waals surface area contributed by atoms with Gasteiger partial charge in [-0.2, -0.15) is 0 Å². The van der Waals surface area contributed by atoms with Crippen LogP contribution >= 0.6 is 35.0 Å². The van der Waals surface area contributed by atoms with Crippen molar-refractivity contribution in [3.63, 3.8) is 0 Å². The third-order valence-corrected chi connectivity index (χ3v) is 4.49. The Bertz CT molecular complexity index is 696. The van der Waals surface area contributed by atoms with E-state index in [0.29, 0.717) is 15.7 Å². The van der Waals surface area contributed by atoms with Gasteiger partial charge in [-0.25, -0.2) is 0 Å². The van der Waals surface area contributed by atoms with E-state index in [2.05, 4.69) is 10.6 Å². The molecule has 23 heavy (non-hydrogen) atoms. The zero-order chi connectivity index (χ0) is 16.7. The standard InChI is InChI=1S/C16H14Cl2N2O2S/c17-11-6-7-13(18)14(8-11)23-10-16(22)19-9-15(21)20-12-4-2-1-3-5-12/h1-8H,9-10H2,(H,19,22)(H,20,21). The van der Waals surface area contributed by atoms with Crippen molar-refractivity contribution >= 4 is 52.5 Å². The van der Waals surface area contributed by atoms with Gasteiger partial charge in [0.1, 0.15) is 0 Å². The molecule has 0 unspecified atom stereocenters.